The average molecular weight is 213 g/mol. The Labute approximate surface area is 116 Å². The number of hydrogen-bond donors (Lipinski definition) is 2. The first-order valence-electron chi connectivity index (χ1n) is 2.83. The molecule has 8 heteroatoms. The Morgan fingerprint density at radius 2 is 1.83 bits per heavy atom. The van der Waals surface area contributed by atoms with Crippen LogP contribution in [0.2, 0.25) is 0 Å². The van der Waals surface area contributed by atoms with Crippen LogP contribution >= 0.6 is 7.60 Å². The predicted octanol–water partition coefficient (Wildman–Crippen LogP) is -8.38. The molecule has 3 N–H and O–H groups in total. The number of rotatable bonds is 4. The molecule has 0 heterocycles. The molecule has 62 valence electrons. The van der Waals surface area contributed by atoms with Crippen molar-refractivity contribution in [2.45, 2.75) is 12.5 Å². The topological polar surface area (TPSA) is 109 Å². The molecule has 0 saturated carbocycles. The third-order valence-corrected chi connectivity index (χ3v) is 1.81. The van der Waals surface area contributed by atoms with E-state index in [1.54, 1.807) is 0 Å². The van der Waals surface area contributed by atoms with Crippen LogP contribution < -0.4 is 74.6 Å². The van der Waals surface area contributed by atoms with E-state index in [1.165, 1.54) is 0 Å². The van der Waals surface area contributed by atoms with Gasteiger partial charge in [-0.25, -0.2) is 0 Å². The number of nitrogens with two attached hydrogens (primary N) is 1. The molecule has 0 aliphatic heterocycles. The molecule has 1 atom stereocenters. The van der Waals surface area contributed by atoms with Gasteiger partial charge in [0, 0.05) is 6.04 Å². The molecule has 0 radical (unpaired) electrons. The van der Waals surface area contributed by atoms with Gasteiger partial charge in [0.1, 0.15) is 0 Å². The summed E-state index contributed by atoms with van der Waals surface area (Å²) in [4.78, 5) is 20.0. The van der Waals surface area contributed by atoms with Crippen LogP contribution in [0.1, 0.15) is 6.42 Å². The maximum absolute atomic E-state index is 9.99. The average Bonchev–Trinajstić information content (AvgIpc) is 1.81. The van der Waals surface area contributed by atoms with E-state index >= 15 is 0 Å². The fourth-order valence-corrected chi connectivity index (χ4v) is 1.06. The fourth-order valence-electron chi connectivity index (χ4n) is 0.415. The molecule has 0 amide bonds. The molecule has 0 aliphatic rings. The fraction of sp³-hybridized carbons (Fsp3) is 1.00. The summed E-state index contributed by atoms with van der Waals surface area (Å²) in [5.74, 6) is 0. The maximum Gasteiger partial charge on any atom is 1.00 e. The molecule has 0 saturated heterocycles. The van der Waals surface area contributed by atoms with E-state index in [2.05, 4.69) is 0 Å². The SMILES string of the molecule is NC(CO)CCP(=O)([O-])[O-].[Na+].[Na+]. The molecule has 5 nitrogen and oxygen atoms in total. The van der Waals surface area contributed by atoms with Crippen LogP contribution in [0.15, 0.2) is 0 Å². The van der Waals surface area contributed by atoms with E-state index in [-0.39, 0.29) is 72.1 Å². The first-order chi connectivity index (χ1) is 4.45. The third-order valence-electron chi connectivity index (χ3n) is 1.01. The molecule has 0 aromatic heterocycles. The van der Waals surface area contributed by atoms with Crippen LogP contribution in [0.4, 0.5) is 0 Å². The second kappa shape index (κ2) is 9.62. The van der Waals surface area contributed by atoms with E-state index < -0.39 is 19.8 Å². The summed E-state index contributed by atoms with van der Waals surface area (Å²) in [5.41, 5.74) is 5.13. The van der Waals surface area contributed by atoms with Gasteiger partial charge in [-0.1, -0.05) is 7.60 Å². The van der Waals surface area contributed by atoms with E-state index in [0.717, 1.165) is 0 Å². The summed E-state index contributed by atoms with van der Waals surface area (Å²) in [6.07, 6.45) is -0.449. The number of aliphatic hydroxyl groups is 1. The van der Waals surface area contributed by atoms with Crippen LogP contribution in [-0.2, 0) is 4.57 Å². The molecular weight excluding hydrogens is 203 g/mol. The standard InChI is InChI=1S/C4H12NO4P.2Na/c5-4(3-6)1-2-10(7,8)9;;/h4,6H,1-3,5H2,(H2,7,8,9);;/q;2*+1/p-2. The number of hydrogen-bond acceptors (Lipinski definition) is 5. The molecule has 0 aromatic rings. The second-order valence-corrected chi connectivity index (χ2v) is 3.73. The van der Waals surface area contributed by atoms with E-state index in [4.69, 9.17) is 10.8 Å². The van der Waals surface area contributed by atoms with Gasteiger partial charge in [-0.05, 0) is 12.6 Å². The van der Waals surface area contributed by atoms with Gasteiger partial charge in [0.2, 0.25) is 0 Å². The van der Waals surface area contributed by atoms with Crippen molar-refractivity contribution in [3.63, 3.8) is 0 Å². The Hall–Kier alpha value is 2.07. The quantitative estimate of drug-likeness (QED) is 0.356. The molecule has 0 aromatic carbocycles. The largest absolute Gasteiger partial charge is 1.00 e. The van der Waals surface area contributed by atoms with Crippen molar-refractivity contribution in [1.82, 2.24) is 0 Å². The van der Waals surface area contributed by atoms with E-state index in [9.17, 15) is 14.4 Å². The monoisotopic (exact) mass is 213 g/mol. The molecule has 0 bridgehead atoms. The second-order valence-electron chi connectivity index (χ2n) is 2.07. The molecule has 1 unspecified atom stereocenters. The summed E-state index contributed by atoms with van der Waals surface area (Å²) >= 11 is 0. The Balaban J connectivity index is -0.000000405. The summed E-state index contributed by atoms with van der Waals surface area (Å²) in [5, 5.41) is 8.31. The number of aliphatic hydroxyl groups excluding tert-OH is 1. The van der Waals surface area contributed by atoms with Crippen molar-refractivity contribution >= 4 is 7.60 Å². The first kappa shape index (κ1) is 19.6. The molecule has 0 spiro atoms. The van der Waals surface area contributed by atoms with Gasteiger partial charge in [0.15, 0.2) is 0 Å². The predicted molar refractivity (Wildman–Crippen MR) is 32.2 cm³/mol. The van der Waals surface area contributed by atoms with Crippen molar-refractivity contribution in [3.05, 3.63) is 0 Å². The van der Waals surface area contributed by atoms with Crippen molar-refractivity contribution in [2.75, 3.05) is 12.8 Å². The van der Waals surface area contributed by atoms with E-state index in [1.807, 2.05) is 0 Å². The Kier molecular flexibility index (Phi) is 15.7. The minimum absolute atomic E-state index is 0. The molecule has 0 fully saturated rings. The van der Waals surface area contributed by atoms with Gasteiger partial charge in [0.05, 0.1) is 6.61 Å². The van der Waals surface area contributed by atoms with Crippen molar-refractivity contribution in [2.24, 2.45) is 5.73 Å². The normalized spacial score (nSPS) is 12.7. The van der Waals surface area contributed by atoms with Crippen LogP contribution in [0.25, 0.3) is 0 Å². The zero-order valence-corrected chi connectivity index (χ0v) is 12.3. The summed E-state index contributed by atoms with van der Waals surface area (Å²) in [6.45, 7) is -0.292. The molecule has 0 rings (SSSR count). The van der Waals surface area contributed by atoms with Crippen molar-refractivity contribution in [1.29, 1.82) is 0 Å². The zero-order valence-electron chi connectivity index (χ0n) is 7.40. The minimum atomic E-state index is -4.42. The zero-order chi connectivity index (χ0) is 8.20. The van der Waals surface area contributed by atoms with Crippen molar-refractivity contribution in [3.8, 4) is 0 Å². The molecular formula is C4H10NNa2O4P. The van der Waals surface area contributed by atoms with Crippen LogP contribution in [0, 0.1) is 0 Å². The maximum atomic E-state index is 9.99. The smallest absolute Gasteiger partial charge is 0.811 e. The Morgan fingerprint density at radius 3 is 2.08 bits per heavy atom. The van der Waals surface area contributed by atoms with Crippen molar-refractivity contribution < 1.29 is 78.6 Å². The Morgan fingerprint density at radius 1 is 1.42 bits per heavy atom. The molecule has 12 heavy (non-hydrogen) atoms. The summed E-state index contributed by atoms with van der Waals surface area (Å²) in [6, 6.07) is -0.601. The van der Waals surface area contributed by atoms with Gasteiger partial charge in [-0.15, -0.1) is 0 Å². The van der Waals surface area contributed by atoms with E-state index in [0.29, 0.717) is 0 Å². The van der Waals surface area contributed by atoms with Gasteiger partial charge in [0.25, 0.3) is 0 Å². The first-order valence-corrected chi connectivity index (χ1v) is 4.56. The summed E-state index contributed by atoms with van der Waals surface area (Å²) in [7, 11) is -4.42. The van der Waals surface area contributed by atoms with Gasteiger partial charge in [-0.3, -0.25) is 0 Å². The minimum Gasteiger partial charge on any atom is -0.811 e. The van der Waals surface area contributed by atoms with Crippen LogP contribution in [0.3, 0.4) is 0 Å². The van der Waals surface area contributed by atoms with Gasteiger partial charge < -0.3 is 25.2 Å². The third kappa shape index (κ3) is 14.6. The summed E-state index contributed by atoms with van der Waals surface area (Å²) < 4.78 is 9.99. The van der Waals surface area contributed by atoms with Crippen LogP contribution in [0.5, 0.6) is 0 Å². The van der Waals surface area contributed by atoms with Gasteiger partial charge in [-0.2, -0.15) is 0 Å². The Bertz CT molecular complexity index is 141. The van der Waals surface area contributed by atoms with Crippen LogP contribution in [-0.4, -0.2) is 23.9 Å². The molecule has 0 aliphatic carbocycles. The van der Waals surface area contributed by atoms with Gasteiger partial charge >= 0.3 is 59.1 Å².